The molecule has 1 aromatic carbocycles. The normalized spacial score (nSPS) is 23.5. The maximum atomic E-state index is 10.6. The highest BCUT2D eigenvalue weighted by Crippen LogP contribution is 2.47. The largest absolute Gasteiger partial charge is 0.481 e. The Balaban J connectivity index is 2.12. The van der Waals surface area contributed by atoms with Crippen molar-refractivity contribution in [3.63, 3.8) is 0 Å². The predicted octanol–water partition coefficient (Wildman–Crippen LogP) is 1.78. The summed E-state index contributed by atoms with van der Waals surface area (Å²) < 4.78 is 0. The maximum absolute atomic E-state index is 10.6. The molecule has 0 aliphatic heterocycles. The second-order valence-electron chi connectivity index (χ2n) is 3.64. The Bertz CT molecular complexity index is 412. The predicted molar refractivity (Wildman–Crippen MR) is 51.6 cm³/mol. The molecular weight excluding hydrogens is 198 g/mol. The fourth-order valence-corrected chi connectivity index (χ4v) is 1.68. The van der Waals surface area contributed by atoms with Crippen molar-refractivity contribution in [2.45, 2.75) is 12.3 Å². The van der Waals surface area contributed by atoms with Gasteiger partial charge in [-0.15, -0.1) is 0 Å². The second kappa shape index (κ2) is 3.34. The standard InChI is InChI=1S/C10H9NO4/c12-10(13)9-5-8(9)6-1-3-7(4-2-6)11(14)15/h1-4,8-9H,5H2,(H,12,13)/t8-,9+/m1/s1. The summed E-state index contributed by atoms with van der Waals surface area (Å²) in [5.74, 6) is -1.08. The Kier molecular flexibility index (Phi) is 2.15. The molecular formula is C10H9NO4. The van der Waals surface area contributed by atoms with Crippen molar-refractivity contribution in [1.82, 2.24) is 0 Å². The van der Waals surface area contributed by atoms with Crippen LogP contribution in [0.25, 0.3) is 0 Å². The minimum absolute atomic E-state index is 0.0308. The first-order chi connectivity index (χ1) is 7.09. The number of carbonyl (C=O) groups is 1. The Labute approximate surface area is 85.5 Å². The Morgan fingerprint density at radius 2 is 2.00 bits per heavy atom. The van der Waals surface area contributed by atoms with E-state index in [9.17, 15) is 14.9 Å². The maximum Gasteiger partial charge on any atom is 0.307 e. The lowest BCUT2D eigenvalue weighted by Gasteiger charge is -1.97. The quantitative estimate of drug-likeness (QED) is 0.605. The first kappa shape index (κ1) is 9.64. The lowest BCUT2D eigenvalue weighted by atomic mass is 10.1. The molecule has 0 bridgehead atoms. The molecule has 1 fully saturated rings. The van der Waals surface area contributed by atoms with Crippen molar-refractivity contribution in [2.75, 3.05) is 0 Å². The van der Waals surface area contributed by atoms with E-state index in [0.717, 1.165) is 5.56 Å². The van der Waals surface area contributed by atoms with Gasteiger partial charge in [-0.1, -0.05) is 12.1 Å². The highest BCUT2D eigenvalue weighted by atomic mass is 16.6. The first-order valence-electron chi connectivity index (χ1n) is 4.57. The van der Waals surface area contributed by atoms with Crippen LogP contribution in [0.1, 0.15) is 17.9 Å². The van der Waals surface area contributed by atoms with Crippen molar-refractivity contribution < 1.29 is 14.8 Å². The molecule has 5 nitrogen and oxygen atoms in total. The van der Waals surface area contributed by atoms with Gasteiger partial charge in [-0.25, -0.2) is 0 Å². The molecule has 1 aliphatic carbocycles. The van der Waals surface area contributed by atoms with Gasteiger partial charge in [-0.2, -0.15) is 0 Å². The van der Waals surface area contributed by atoms with Crippen LogP contribution in [0.5, 0.6) is 0 Å². The van der Waals surface area contributed by atoms with Crippen LogP contribution in [0.3, 0.4) is 0 Å². The summed E-state index contributed by atoms with van der Waals surface area (Å²) in [6, 6.07) is 6.08. The number of benzene rings is 1. The number of hydrogen-bond donors (Lipinski definition) is 1. The molecule has 2 rings (SSSR count). The molecule has 1 saturated carbocycles. The molecule has 1 aromatic rings. The summed E-state index contributed by atoms with van der Waals surface area (Å²) in [6.45, 7) is 0. The Morgan fingerprint density at radius 3 is 2.40 bits per heavy atom. The molecule has 5 heteroatoms. The van der Waals surface area contributed by atoms with Crippen LogP contribution < -0.4 is 0 Å². The number of aliphatic carboxylic acids is 1. The van der Waals surface area contributed by atoms with Crippen LogP contribution in [0.2, 0.25) is 0 Å². The van der Waals surface area contributed by atoms with Crippen molar-refractivity contribution in [3.8, 4) is 0 Å². The third kappa shape index (κ3) is 1.81. The van der Waals surface area contributed by atoms with Crippen LogP contribution in [0, 0.1) is 16.0 Å². The van der Waals surface area contributed by atoms with E-state index in [-0.39, 0.29) is 17.5 Å². The molecule has 0 aromatic heterocycles. The zero-order valence-corrected chi connectivity index (χ0v) is 7.79. The third-order valence-corrected chi connectivity index (χ3v) is 2.64. The zero-order valence-electron chi connectivity index (χ0n) is 7.79. The molecule has 1 aliphatic rings. The topological polar surface area (TPSA) is 80.4 Å². The van der Waals surface area contributed by atoms with E-state index < -0.39 is 10.9 Å². The molecule has 0 spiro atoms. The average Bonchev–Trinajstić information content (AvgIpc) is 2.97. The van der Waals surface area contributed by atoms with E-state index in [1.165, 1.54) is 12.1 Å². The van der Waals surface area contributed by atoms with Gasteiger partial charge in [0.1, 0.15) is 0 Å². The summed E-state index contributed by atoms with van der Waals surface area (Å²) in [5.41, 5.74) is 0.902. The summed E-state index contributed by atoms with van der Waals surface area (Å²) >= 11 is 0. The van der Waals surface area contributed by atoms with Crippen LogP contribution in [0.15, 0.2) is 24.3 Å². The molecule has 15 heavy (non-hydrogen) atoms. The van der Waals surface area contributed by atoms with E-state index >= 15 is 0 Å². The van der Waals surface area contributed by atoms with Crippen molar-refractivity contribution in [3.05, 3.63) is 39.9 Å². The van der Waals surface area contributed by atoms with E-state index in [0.29, 0.717) is 6.42 Å². The molecule has 1 N–H and O–H groups in total. The van der Waals surface area contributed by atoms with E-state index in [1.807, 2.05) is 0 Å². The number of non-ortho nitro benzene ring substituents is 1. The monoisotopic (exact) mass is 207 g/mol. The second-order valence-corrected chi connectivity index (χ2v) is 3.64. The molecule has 78 valence electrons. The third-order valence-electron chi connectivity index (χ3n) is 2.64. The molecule has 0 saturated heterocycles. The van der Waals surface area contributed by atoms with Gasteiger partial charge in [0.05, 0.1) is 10.8 Å². The number of rotatable bonds is 3. The van der Waals surface area contributed by atoms with Crippen LogP contribution in [0.4, 0.5) is 5.69 Å². The van der Waals surface area contributed by atoms with Gasteiger partial charge in [0.2, 0.25) is 0 Å². The number of carboxylic acid groups (broad SMARTS) is 1. The van der Waals surface area contributed by atoms with Gasteiger partial charge >= 0.3 is 5.97 Å². The SMILES string of the molecule is O=C(O)[C@H]1C[C@@H]1c1ccc([N+](=O)[O-])cc1. The number of nitro groups is 1. The first-order valence-corrected chi connectivity index (χ1v) is 4.57. The summed E-state index contributed by atoms with van der Waals surface area (Å²) in [4.78, 5) is 20.5. The van der Waals surface area contributed by atoms with Gasteiger partial charge in [0, 0.05) is 12.1 Å². The van der Waals surface area contributed by atoms with Gasteiger partial charge in [0.15, 0.2) is 0 Å². The minimum atomic E-state index is -0.793. The Hall–Kier alpha value is -1.91. The molecule has 2 atom stereocenters. The van der Waals surface area contributed by atoms with Crippen LogP contribution >= 0.6 is 0 Å². The average molecular weight is 207 g/mol. The highest BCUT2D eigenvalue weighted by Gasteiger charge is 2.44. The number of carboxylic acids is 1. The van der Waals surface area contributed by atoms with Crippen molar-refractivity contribution in [2.24, 2.45) is 5.92 Å². The minimum Gasteiger partial charge on any atom is -0.481 e. The molecule has 0 heterocycles. The summed E-state index contributed by atoms with van der Waals surface area (Å²) in [6.07, 6.45) is 0.632. The fourth-order valence-electron chi connectivity index (χ4n) is 1.68. The van der Waals surface area contributed by atoms with Gasteiger partial charge in [0.25, 0.3) is 5.69 Å². The van der Waals surface area contributed by atoms with E-state index in [1.54, 1.807) is 12.1 Å². The molecule has 0 unspecified atom stereocenters. The number of hydrogen-bond acceptors (Lipinski definition) is 3. The van der Waals surface area contributed by atoms with E-state index in [2.05, 4.69) is 0 Å². The summed E-state index contributed by atoms with van der Waals surface area (Å²) in [5, 5.41) is 19.1. The van der Waals surface area contributed by atoms with E-state index in [4.69, 9.17) is 5.11 Å². The zero-order chi connectivity index (χ0) is 11.0. The number of nitrogens with zero attached hydrogens (tertiary/aromatic N) is 1. The molecule has 0 amide bonds. The lowest BCUT2D eigenvalue weighted by molar-refractivity contribution is -0.384. The highest BCUT2D eigenvalue weighted by molar-refractivity contribution is 5.75. The van der Waals surface area contributed by atoms with Gasteiger partial charge in [-0.3, -0.25) is 14.9 Å². The fraction of sp³-hybridized carbons (Fsp3) is 0.300. The smallest absolute Gasteiger partial charge is 0.307 e. The summed E-state index contributed by atoms with van der Waals surface area (Å²) in [7, 11) is 0. The van der Waals surface area contributed by atoms with Crippen LogP contribution in [-0.2, 0) is 4.79 Å². The van der Waals surface area contributed by atoms with Gasteiger partial charge in [-0.05, 0) is 17.9 Å². The van der Waals surface area contributed by atoms with Crippen LogP contribution in [-0.4, -0.2) is 16.0 Å². The number of nitro benzene ring substituents is 1. The van der Waals surface area contributed by atoms with Crippen molar-refractivity contribution in [1.29, 1.82) is 0 Å². The van der Waals surface area contributed by atoms with Crippen molar-refractivity contribution >= 4 is 11.7 Å². The van der Waals surface area contributed by atoms with Gasteiger partial charge < -0.3 is 5.11 Å². The Morgan fingerprint density at radius 1 is 1.40 bits per heavy atom. The lowest BCUT2D eigenvalue weighted by Crippen LogP contribution is -1.98. The molecule has 0 radical (unpaired) electrons.